The number of carbonyl (C=O) groups excluding carboxylic acids is 2. The number of hydrogen-bond acceptors (Lipinski definition) is 6. The molecule has 2 aliphatic rings. The molecule has 5 aromatic carbocycles. The second-order valence-electron chi connectivity index (χ2n) is 10.6. The highest BCUT2D eigenvalue weighted by molar-refractivity contribution is 6.24. The summed E-state index contributed by atoms with van der Waals surface area (Å²) in [6, 6.07) is 38.1. The molecule has 214 valence electrons. The van der Waals surface area contributed by atoms with E-state index in [1.54, 1.807) is 5.06 Å². The number of fused-ring (bicyclic) bond motifs is 2. The molecule has 7 heteroatoms. The van der Waals surface area contributed by atoms with Gasteiger partial charge in [-0.3, -0.25) is 14.4 Å². The number of anilines is 2. The van der Waals surface area contributed by atoms with E-state index in [1.807, 2.05) is 128 Å². The lowest BCUT2D eigenvalue weighted by molar-refractivity contribution is -0.126. The van der Waals surface area contributed by atoms with Crippen molar-refractivity contribution >= 4 is 34.0 Å². The van der Waals surface area contributed by atoms with Crippen LogP contribution in [0, 0.1) is 5.92 Å². The van der Waals surface area contributed by atoms with Gasteiger partial charge in [-0.25, -0.2) is 9.96 Å². The van der Waals surface area contributed by atoms with Crippen LogP contribution in [0.5, 0.6) is 11.5 Å². The van der Waals surface area contributed by atoms with Crippen molar-refractivity contribution in [2.75, 3.05) is 16.6 Å². The standard InChI is InChI=1S/C36H30N2O5/c1-2-41-31-22-27(18-20-30(31)42-23-24-11-5-3-6-12-24)33-32-34(43-38(33)28-15-7-4-8-16-28)36(40)37(35(32)39)29-19-17-25-13-9-10-14-26(25)21-29/h3-22,32-34H,2,23H2,1H3/t32-,33-,34-/m1/s1. The average molecular weight is 571 g/mol. The summed E-state index contributed by atoms with van der Waals surface area (Å²) in [6.45, 7) is 2.74. The highest BCUT2D eigenvalue weighted by Crippen LogP contribution is 2.49. The normalized spacial score (nSPS) is 19.6. The van der Waals surface area contributed by atoms with Gasteiger partial charge in [0.15, 0.2) is 17.6 Å². The Morgan fingerprint density at radius 3 is 2.16 bits per heavy atom. The van der Waals surface area contributed by atoms with Crippen LogP contribution in [-0.2, 0) is 21.0 Å². The summed E-state index contributed by atoms with van der Waals surface area (Å²) in [5.74, 6) is -0.263. The summed E-state index contributed by atoms with van der Waals surface area (Å²) in [4.78, 5) is 35.6. The molecule has 0 bridgehead atoms. The third kappa shape index (κ3) is 4.87. The Labute approximate surface area is 249 Å². The summed E-state index contributed by atoms with van der Waals surface area (Å²) in [5.41, 5.74) is 3.12. The first kappa shape index (κ1) is 26.7. The highest BCUT2D eigenvalue weighted by Gasteiger charge is 2.60. The van der Waals surface area contributed by atoms with E-state index in [-0.39, 0.29) is 11.8 Å². The number of hydroxylamine groups is 1. The van der Waals surface area contributed by atoms with Crippen molar-refractivity contribution in [3.63, 3.8) is 0 Å². The highest BCUT2D eigenvalue weighted by atomic mass is 16.7. The fourth-order valence-electron chi connectivity index (χ4n) is 5.95. The van der Waals surface area contributed by atoms with Crippen molar-refractivity contribution in [3.05, 3.63) is 132 Å². The number of imide groups is 1. The van der Waals surface area contributed by atoms with Crippen LogP contribution in [0.1, 0.15) is 24.1 Å². The molecule has 2 fully saturated rings. The molecule has 0 aromatic heterocycles. The zero-order valence-corrected chi connectivity index (χ0v) is 23.6. The van der Waals surface area contributed by atoms with Gasteiger partial charge in [-0.1, -0.05) is 84.9 Å². The molecule has 0 spiro atoms. The number of hydrogen-bond donors (Lipinski definition) is 0. The van der Waals surface area contributed by atoms with Gasteiger partial charge in [0.05, 0.1) is 24.0 Å². The fourth-order valence-corrected chi connectivity index (χ4v) is 5.95. The average Bonchev–Trinajstić information content (AvgIpc) is 3.56. The van der Waals surface area contributed by atoms with E-state index < -0.39 is 18.1 Å². The van der Waals surface area contributed by atoms with Crippen molar-refractivity contribution in [2.45, 2.75) is 25.7 Å². The smallest absolute Gasteiger partial charge is 0.266 e. The Balaban J connectivity index is 1.26. The molecule has 2 aliphatic heterocycles. The van der Waals surface area contributed by atoms with E-state index in [4.69, 9.17) is 14.3 Å². The number of ether oxygens (including phenoxy) is 2. The number of benzene rings is 5. The molecule has 7 rings (SSSR count). The van der Waals surface area contributed by atoms with Gasteiger partial charge in [0, 0.05) is 0 Å². The van der Waals surface area contributed by atoms with Gasteiger partial charge < -0.3 is 9.47 Å². The monoisotopic (exact) mass is 570 g/mol. The topological polar surface area (TPSA) is 68.3 Å². The molecule has 2 heterocycles. The summed E-state index contributed by atoms with van der Waals surface area (Å²) in [7, 11) is 0. The minimum atomic E-state index is -0.964. The van der Waals surface area contributed by atoms with E-state index in [0.717, 1.165) is 27.6 Å². The molecule has 5 aromatic rings. The molecule has 2 saturated heterocycles. The molecule has 7 nitrogen and oxygen atoms in total. The molecule has 2 amide bonds. The van der Waals surface area contributed by atoms with Crippen LogP contribution in [0.2, 0.25) is 0 Å². The van der Waals surface area contributed by atoms with Crippen LogP contribution in [0.15, 0.2) is 121 Å². The van der Waals surface area contributed by atoms with Crippen LogP contribution in [0.4, 0.5) is 11.4 Å². The summed E-state index contributed by atoms with van der Waals surface area (Å²) in [6.07, 6.45) is -0.964. The van der Waals surface area contributed by atoms with Gasteiger partial charge in [0.1, 0.15) is 12.5 Å². The first-order chi connectivity index (χ1) is 21.1. The molecule has 0 unspecified atom stereocenters. The van der Waals surface area contributed by atoms with Crippen LogP contribution >= 0.6 is 0 Å². The third-order valence-corrected chi connectivity index (χ3v) is 7.96. The van der Waals surface area contributed by atoms with Crippen molar-refractivity contribution in [3.8, 4) is 11.5 Å². The molecule has 0 aliphatic carbocycles. The number of nitrogens with zero attached hydrogens (tertiary/aromatic N) is 2. The van der Waals surface area contributed by atoms with E-state index in [2.05, 4.69) is 0 Å². The van der Waals surface area contributed by atoms with E-state index in [9.17, 15) is 9.59 Å². The Bertz CT molecular complexity index is 1790. The van der Waals surface area contributed by atoms with Crippen molar-refractivity contribution in [2.24, 2.45) is 5.92 Å². The predicted octanol–water partition coefficient (Wildman–Crippen LogP) is 6.87. The molecular weight excluding hydrogens is 540 g/mol. The number of carbonyl (C=O) groups is 2. The quantitative estimate of drug-likeness (QED) is 0.190. The lowest BCUT2D eigenvalue weighted by Gasteiger charge is -2.29. The predicted molar refractivity (Wildman–Crippen MR) is 165 cm³/mol. The molecule has 0 N–H and O–H groups in total. The van der Waals surface area contributed by atoms with Gasteiger partial charge >= 0.3 is 0 Å². The molecule has 0 radical (unpaired) electrons. The Kier molecular flexibility index (Phi) is 7.01. The van der Waals surface area contributed by atoms with E-state index in [0.29, 0.717) is 30.4 Å². The molecular formula is C36H30N2O5. The number of amides is 2. The van der Waals surface area contributed by atoms with Crippen molar-refractivity contribution in [1.82, 2.24) is 0 Å². The molecule has 0 saturated carbocycles. The first-order valence-electron chi connectivity index (χ1n) is 14.4. The molecule has 3 atom stereocenters. The van der Waals surface area contributed by atoms with Crippen LogP contribution in [0.3, 0.4) is 0 Å². The fraction of sp³-hybridized carbons (Fsp3) is 0.167. The Hall–Kier alpha value is -5.14. The van der Waals surface area contributed by atoms with Crippen LogP contribution < -0.4 is 19.4 Å². The van der Waals surface area contributed by atoms with E-state index >= 15 is 0 Å². The maximum Gasteiger partial charge on any atom is 0.266 e. The van der Waals surface area contributed by atoms with Gasteiger partial charge in [0.25, 0.3) is 5.91 Å². The maximum absolute atomic E-state index is 14.2. The SMILES string of the molecule is CCOc1cc([C@@H]2[C@H]3C(=O)N(c4ccc5ccccc5c4)C(=O)[C@@H]3ON2c2ccccc2)ccc1OCc1ccccc1. The summed E-state index contributed by atoms with van der Waals surface area (Å²) >= 11 is 0. The number of para-hydroxylation sites is 1. The maximum atomic E-state index is 14.2. The lowest BCUT2D eigenvalue weighted by atomic mass is 9.90. The Morgan fingerprint density at radius 2 is 1.40 bits per heavy atom. The minimum Gasteiger partial charge on any atom is -0.490 e. The molecule has 43 heavy (non-hydrogen) atoms. The lowest BCUT2D eigenvalue weighted by Crippen LogP contribution is -2.37. The van der Waals surface area contributed by atoms with Crippen LogP contribution in [0.25, 0.3) is 10.8 Å². The van der Waals surface area contributed by atoms with Crippen molar-refractivity contribution in [1.29, 1.82) is 0 Å². The largest absolute Gasteiger partial charge is 0.490 e. The van der Waals surface area contributed by atoms with Gasteiger partial charge in [0.2, 0.25) is 5.91 Å². The van der Waals surface area contributed by atoms with Gasteiger partial charge in [-0.2, -0.15) is 0 Å². The summed E-state index contributed by atoms with van der Waals surface area (Å²) in [5, 5.41) is 3.68. The number of rotatable bonds is 8. The Morgan fingerprint density at radius 1 is 0.674 bits per heavy atom. The zero-order chi connectivity index (χ0) is 29.3. The van der Waals surface area contributed by atoms with Gasteiger partial charge in [-0.15, -0.1) is 0 Å². The van der Waals surface area contributed by atoms with E-state index in [1.165, 1.54) is 4.90 Å². The second kappa shape index (κ2) is 11.3. The van der Waals surface area contributed by atoms with Gasteiger partial charge in [-0.05, 0) is 65.2 Å². The van der Waals surface area contributed by atoms with Crippen molar-refractivity contribution < 1.29 is 23.9 Å². The first-order valence-corrected chi connectivity index (χ1v) is 14.4. The van der Waals surface area contributed by atoms with Crippen LogP contribution in [-0.4, -0.2) is 24.5 Å². The second-order valence-corrected chi connectivity index (χ2v) is 10.6. The third-order valence-electron chi connectivity index (χ3n) is 7.96. The zero-order valence-electron chi connectivity index (χ0n) is 23.6. The minimum absolute atomic E-state index is 0.295. The summed E-state index contributed by atoms with van der Waals surface area (Å²) < 4.78 is 12.2.